The van der Waals surface area contributed by atoms with E-state index in [2.05, 4.69) is 15.6 Å². The number of rotatable bonds is 4. The number of aromatic nitrogens is 1. The van der Waals surface area contributed by atoms with Crippen LogP contribution in [0.5, 0.6) is 0 Å². The molecule has 21 heavy (non-hydrogen) atoms. The maximum atomic E-state index is 12.1. The number of carbonyl (C=O) groups is 1. The quantitative estimate of drug-likeness (QED) is 0.854. The average molecular weight is 372 g/mol. The summed E-state index contributed by atoms with van der Waals surface area (Å²) in [7, 11) is 0. The zero-order valence-electron chi connectivity index (χ0n) is 12.5. The summed E-state index contributed by atoms with van der Waals surface area (Å²) >= 11 is 3.51. The summed E-state index contributed by atoms with van der Waals surface area (Å²) < 4.78 is 0. The van der Waals surface area contributed by atoms with Gasteiger partial charge in [0.2, 0.25) is 5.91 Å². The topological polar surface area (TPSA) is 54.0 Å². The van der Waals surface area contributed by atoms with Crippen LogP contribution >= 0.6 is 47.9 Å². The molecule has 1 fully saturated rings. The lowest BCUT2D eigenvalue weighted by Crippen LogP contribution is -2.46. The van der Waals surface area contributed by atoms with E-state index in [1.54, 1.807) is 11.3 Å². The van der Waals surface area contributed by atoms with Gasteiger partial charge in [0.25, 0.3) is 0 Å². The van der Waals surface area contributed by atoms with Gasteiger partial charge in [-0.2, -0.15) is 11.8 Å². The highest BCUT2D eigenvalue weighted by molar-refractivity contribution is 7.99. The van der Waals surface area contributed by atoms with Gasteiger partial charge in [0.15, 0.2) is 0 Å². The van der Waals surface area contributed by atoms with Crippen LogP contribution in [-0.2, 0) is 10.3 Å². The fraction of sp³-hybridized carbons (Fsp3) is 0.692. The third kappa shape index (κ3) is 6.32. The molecule has 2 N–H and O–H groups in total. The Morgan fingerprint density at radius 3 is 2.76 bits per heavy atom. The highest BCUT2D eigenvalue weighted by Gasteiger charge is 2.27. The number of halogens is 2. The largest absolute Gasteiger partial charge is 0.345 e. The van der Waals surface area contributed by atoms with Crippen LogP contribution in [0.2, 0.25) is 0 Å². The van der Waals surface area contributed by atoms with Crippen molar-refractivity contribution in [3.63, 3.8) is 0 Å². The Labute approximate surface area is 147 Å². The normalized spacial score (nSPS) is 18.3. The van der Waals surface area contributed by atoms with E-state index >= 15 is 0 Å². The van der Waals surface area contributed by atoms with Crippen molar-refractivity contribution in [2.75, 3.05) is 18.1 Å². The van der Waals surface area contributed by atoms with Crippen molar-refractivity contribution in [3.05, 3.63) is 16.1 Å². The summed E-state index contributed by atoms with van der Waals surface area (Å²) in [5.74, 6) is 2.25. The summed E-state index contributed by atoms with van der Waals surface area (Å²) in [5.41, 5.74) is 0.616. The summed E-state index contributed by atoms with van der Waals surface area (Å²) in [5, 5.41) is 9.46. The van der Waals surface area contributed by atoms with E-state index < -0.39 is 5.54 Å². The number of thioether (sulfide) groups is 1. The second-order valence-corrected chi connectivity index (χ2v) is 7.41. The van der Waals surface area contributed by atoms with Gasteiger partial charge in [-0.3, -0.25) is 4.79 Å². The van der Waals surface area contributed by atoms with Gasteiger partial charge in [0.1, 0.15) is 5.01 Å². The number of amides is 1. The monoisotopic (exact) mass is 371 g/mol. The van der Waals surface area contributed by atoms with E-state index in [1.807, 2.05) is 37.9 Å². The summed E-state index contributed by atoms with van der Waals surface area (Å²) in [4.78, 5) is 16.6. The van der Waals surface area contributed by atoms with E-state index in [-0.39, 0.29) is 30.7 Å². The Bertz CT molecular complexity index is 448. The molecule has 1 aliphatic rings. The maximum absolute atomic E-state index is 12.1. The Balaban J connectivity index is 0.00000200. The molecular weight excluding hydrogens is 349 g/mol. The van der Waals surface area contributed by atoms with E-state index in [9.17, 15) is 4.79 Å². The number of carbonyl (C=O) groups excluding carboxylic acids is 1. The molecule has 1 atom stereocenters. The molecule has 1 unspecified atom stereocenters. The maximum Gasteiger partial charge on any atom is 0.222 e. The predicted octanol–water partition coefficient (Wildman–Crippen LogP) is 2.74. The average Bonchev–Trinajstić information content (AvgIpc) is 2.77. The molecule has 0 bridgehead atoms. The van der Waals surface area contributed by atoms with E-state index in [1.165, 1.54) is 0 Å². The van der Waals surface area contributed by atoms with Crippen molar-refractivity contribution >= 4 is 53.8 Å². The van der Waals surface area contributed by atoms with Crippen LogP contribution in [0.15, 0.2) is 5.38 Å². The lowest BCUT2D eigenvalue weighted by atomic mass is 10.1. The van der Waals surface area contributed by atoms with Gasteiger partial charge in [-0.25, -0.2) is 4.98 Å². The molecular formula is C13H23Cl2N3OS2. The predicted molar refractivity (Wildman–Crippen MR) is 96.2 cm³/mol. The molecule has 1 amide bonds. The molecule has 0 spiro atoms. The summed E-state index contributed by atoms with van der Waals surface area (Å²) in [6.45, 7) is 6.98. The van der Waals surface area contributed by atoms with E-state index in [0.29, 0.717) is 12.5 Å². The molecule has 1 aromatic heterocycles. The minimum atomic E-state index is -0.391. The third-order valence-corrected chi connectivity index (χ3v) is 5.45. The van der Waals surface area contributed by atoms with Crippen LogP contribution < -0.4 is 10.6 Å². The third-order valence-electron chi connectivity index (χ3n) is 3.04. The Morgan fingerprint density at radius 1 is 1.52 bits per heavy atom. The first-order chi connectivity index (χ1) is 8.97. The van der Waals surface area contributed by atoms with E-state index in [0.717, 1.165) is 28.8 Å². The standard InChI is InChI=1S/C13H21N3OS2.2ClH/c1-9-7-19-12(15-9)13(2,3)16-11(17)6-10-8-18-5-4-14-10;;/h7,10,14H,4-6,8H2,1-3H3,(H,16,17);2*1H. The SMILES string of the molecule is Cc1csc(C(C)(C)NC(=O)CC2CSCCN2)n1.Cl.Cl. The smallest absolute Gasteiger partial charge is 0.222 e. The first-order valence-electron chi connectivity index (χ1n) is 6.52. The van der Waals surface area contributed by atoms with E-state index in [4.69, 9.17) is 0 Å². The van der Waals surface area contributed by atoms with Crippen molar-refractivity contribution in [1.29, 1.82) is 0 Å². The van der Waals surface area contributed by atoms with Gasteiger partial charge < -0.3 is 10.6 Å². The second kappa shape index (κ2) is 9.20. The van der Waals surface area contributed by atoms with Crippen molar-refractivity contribution in [2.24, 2.45) is 0 Å². The molecule has 1 aromatic rings. The number of aryl methyl sites for hydroxylation is 1. The fourth-order valence-electron chi connectivity index (χ4n) is 2.07. The molecule has 0 aromatic carbocycles. The number of nitrogens with zero attached hydrogens (tertiary/aromatic N) is 1. The molecule has 0 aliphatic carbocycles. The molecule has 0 saturated carbocycles. The fourth-order valence-corrected chi connectivity index (χ4v) is 3.90. The van der Waals surface area contributed by atoms with Crippen molar-refractivity contribution in [1.82, 2.24) is 15.6 Å². The highest BCUT2D eigenvalue weighted by Crippen LogP contribution is 2.24. The Morgan fingerprint density at radius 2 is 2.24 bits per heavy atom. The van der Waals surface area contributed by atoms with Crippen LogP contribution in [0.3, 0.4) is 0 Å². The number of hydrogen-bond acceptors (Lipinski definition) is 5. The Kier molecular flexibility index (Phi) is 9.20. The van der Waals surface area contributed by atoms with Crippen molar-refractivity contribution < 1.29 is 4.79 Å². The molecule has 122 valence electrons. The molecule has 4 nitrogen and oxygen atoms in total. The molecule has 0 radical (unpaired) electrons. The van der Waals surface area contributed by atoms with Gasteiger partial charge in [-0.15, -0.1) is 36.2 Å². The van der Waals surface area contributed by atoms with Crippen LogP contribution in [-0.4, -0.2) is 35.0 Å². The second-order valence-electron chi connectivity index (χ2n) is 5.40. The lowest BCUT2D eigenvalue weighted by molar-refractivity contribution is -0.123. The molecule has 2 heterocycles. The van der Waals surface area contributed by atoms with Crippen molar-refractivity contribution in [2.45, 2.75) is 38.8 Å². The lowest BCUT2D eigenvalue weighted by Gasteiger charge is -2.27. The van der Waals surface area contributed by atoms with Crippen LogP contribution in [0, 0.1) is 6.92 Å². The number of hydrogen-bond donors (Lipinski definition) is 2. The van der Waals surface area contributed by atoms with Crippen LogP contribution in [0.25, 0.3) is 0 Å². The first kappa shape index (κ1) is 21.0. The summed E-state index contributed by atoms with van der Waals surface area (Å²) in [6.07, 6.45) is 0.542. The van der Waals surface area contributed by atoms with Gasteiger partial charge in [-0.1, -0.05) is 0 Å². The first-order valence-corrected chi connectivity index (χ1v) is 8.55. The van der Waals surface area contributed by atoms with Crippen LogP contribution in [0.4, 0.5) is 0 Å². The number of thiazole rings is 1. The molecule has 1 aliphatic heterocycles. The minimum Gasteiger partial charge on any atom is -0.345 e. The molecule has 2 rings (SSSR count). The highest BCUT2D eigenvalue weighted by atomic mass is 35.5. The Hall–Kier alpha value is -0.0100. The summed E-state index contributed by atoms with van der Waals surface area (Å²) in [6, 6.07) is 0.299. The zero-order valence-corrected chi connectivity index (χ0v) is 15.7. The van der Waals surface area contributed by atoms with Gasteiger partial charge >= 0.3 is 0 Å². The molecule has 8 heteroatoms. The van der Waals surface area contributed by atoms with Gasteiger partial charge in [0, 0.05) is 41.6 Å². The van der Waals surface area contributed by atoms with Gasteiger partial charge in [0.05, 0.1) is 5.54 Å². The number of nitrogens with one attached hydrogen (secondary N) is 2. The zero-order chi connectivity index (χ0) is 13.9. The van der Waals surface area contributed by atoms with Crippen molar-refractivity contribution in [3.8, 4) is 0 Å². The van der Waals surface area contributed by atoms with Crippen LogP contribution in [0.1, 0.15) is 31.0 Å². The molecule has 1 saturated heterocycles. The minimum absolute atomic E-state index is 0. The van der Waals surface area contributed by atoms with Gasteiger partial charge in [-0.05, 0) is 20.8 Å².